The fourth-order valence-electron chi connectivity index (χ4n) is 4.30. The molecule has 4 unspecified atom stereocenters. The number of ether oxygens (including phenoxy) is 1. The molecule has 2 aromatic rings. The van der Waals surface area contributed by atoms with Crippen molar-refractivity contribution in [3.8, 4) is 0 Å². The number of halogens is 1. The van der Waals surface area contributed by atoms with Gasteiger partial charge < -0.3 is 14.9 Å². The smallest absolute Gasteiger partial charge is 0.410 e. The molecule has 7 heteroatoms. The molecule has 6 nitrogen and oxygen atoms in total. The largest absolute Gasteiger partial charge is 0.445 e. The summed E-state index contributed by atoms with van der Waals surface area (Å²) in [5.74, 6) is -0.335. The van der Waals surface area contributed by atoms with E-state index < -0.39 is 30.6 Å². The van der Waals surface area contributed by atoms with E-state index in [1.165, 1.54) is 17.0 Å². The number of hydrogen-bond donors (Lipinski definition) is 2. The number of likely N-dealkylation sites (tertiary alicyclic amines) is 1. The topological polar surface area (TPSA) is 73.2 Å². The van der Waals surface area contributed by atoms with Gasteiger partial charge in [0, 0.05) is 6.54 Å². The van der Waals surface area contributed by atoms with E-state index in [9.17, 15) is 19.4 Å². The first kappa shape index (κ1) is 19.8. The maximum Gasteiger partial charge on any atom is 0.410 e. The number of nitrogens with zero attached hydrogens (tertiary/aromatic N) is 2. The molecule has 2 aliphatic heterocycles. The van der Waals surface area contributed by atoms with Gasteiger partial charge in [-0.2, -0.15) is 0 Å². The van der Waals surface area contributed by atoms with Crippen LogP contribution in [0.15, 0.2) is 54.6 Å². The number of carbonyl (C=O) groups excluding carboxylic acids is 1. The third-order valence-electron chi connectivity index (χ3n) is 5.78. The molecule has 2 heterocycles. The van der Waals surface area contributed by atoms with Crippen LogP contribution in [0.3, 0.4) is 0 Å². The first-order chi connectivity index (χ1) is 14.0. The third kappa shape index (κ3) is 4.12. The Morgan fingerprint density at radius 2 is 1.59 bits per heavy atom. The Kier molecular flexibility index (Phi) is 5.80. The van der Waals surface area contributed by atoms with Crippen molar-refractivity contribution in [1.29, 1.82) is 0 Å². The molecule has 0 radical (unpaired) electrons. The number of benzene rings is 2. The minimum atomic E-state index is -1.03. The number of aliphatic hydroxyl groups is 2. The van der Waals surface area contributed by atoms with E-state index >= 15 is 0 Å². The van der Waals surface area contributed by atoms with Crippen molar-refractivity contribution >= 4 is 6.09 Å². The number of amides is 1. The molecule has 154 valence electrons. The Morgan fingerprint density at radius 1 is 0.966 bits per heavy atom. The zero-order valence-corrected chi connectivity index (χ0v) is 16.0. The lowest BCUT2D eigenvalue weighted by Gasteiger charge is -2.54. The second-order valence-corrected chi connectivity index (χ2v) is 7.64. The molecule has 2 aromatic carbocycles. The van der Waals surface area contributed by atoms with Gasteiger partial charge in [0.25, 0.3) is 0 Å². The molecule has 2 aliphatic rings. The van der Waals surface area contributed by atoms with Crippen LogP contribution >= 0.6 is 0 Å². The predicted molar refractivity (Wildman–Crippen MR) is 104 cm³/mol. The number of hydrogen-bond acceptors (Lipinski definition) is 5. The number of fused-ring (bicyclic) bond motifs is 2. The van der Waals surface area contributed by atoms with Crippen LogP contribution in [-0.4, -0.2) is 50.6 Å². The molecule has 2 N–H and O–H groups in total. The van der Waals surface area contributed by atoms with E-state index in [0.29, 0.717) is 12.8 Å². The van der Waals surface area contributed by atoms with Gasteiger partial charge in [-0.25, -0.2) is 14.1 Å². The van der Waals surface area contributed by atoms with Crippen LogP contribution in [0.1, 0.15) is 30.4 Å². The standard InChI is InChI=1S/C22H25FN2O4/c23-17-11-9-15(10-12-17)13-24-20(26)18-7-4-8-19(21(24)27)25(18)22(28)29-14-16-5-2-1-3-6-16/h1-3,5-6,9-12,18-21,26-27H,4,7-8,13-14H2. The van der Waals surface area contributed by atoms with Crippen molar-refractivity contribution in [2.24, 2.45) is 0 Å². The summed E-state index contributed by atoms with van der Waals surface area (Å²) in [7, 11) is 0. The molecular formula is C22H25FN2O4. The van der Waals surface area contributed by atoms with Crippen LogP contribution in [-0.2, 0) is 17.9 Å². The van der Waals surface area contributed by atoms with Crippen molar-refractivity contribution in [3.63, 3.8) is 0 Å². The number of rotatable bonds is 4. The zero-order valence-electron chi connectivity index (χ0n) is 16.0. The average molecular weight is 400 g/mol. The maximum atomic E-state index is 13.2. The molecule has 29 heavy (non-hydrogen) atoms. The second-order valence-electron chi connectivity index (χ2n) is 7.64. The van der Waals surface area contributed by atoms with E-state index in [0.717, 1.165) is 17.5 Å². The highest BCUT2D eigenvalue weighted by Crippen LogP contribution is 2.36. The molecule has 0 aromatic heterocycles. The van der Waals surface area contributed by atoms with Gasteiger partial charge >= 0.3 is 6.09 Å². The van der Waals surface area contributed by atoms with Crippen molar-refractivity contribution in [3.05, 3.63) is 71.5 Å². The van der Waals surface area contributed by atoms with E-state index in [1.807, 2.05) is 30.3 Å². The van der Waals surface area contributed by atoms with Crippen molar-refractivity contribution in [2.45, 2.75) is 57.0 Å². The third-order valence-corrected chi connectivity index (χ3v) is 5.78. The van der Waals surface area contributed by atoms with Crippen LogP contribution in [0.25, 0.3) is 0 Å². The fraction of sp³-hybridized carbons (Fsp3) is 0.409. The molecule has 2 saturated heterocycles. The SMILES string of the molecule is O=C(OCc1ccccc1)N1C2CCCC1C(O)N(Cc1ccc(F)cc1)C2O. The predicted octanol–water partition coefficient (Wildman–Crippen LogP) is 2.84. The van der Waals surface area contributed by atoms with Crippen LogP contribution in [0.5, 0.6) is 0 Å². The molecule has 0 spiro atoms. The fourth-order valence-corrected chi connectivity index (χ4v) is 4.30. The number of piperazine rings is 1. The lowest BCUT2D eigenvalue weighted by atomic mass is 9.88. The number of piperidine rings is 1. The minimum Gasteiger partial charge on any atom is -0.445 e. The van der Waals surface area contributed by atoms with Gasteiger partial charge in [0.2, 0.25) is 0 Å². The van der Waals surface area contributed by atoms with Gasteiger partial charge in [-0.1, -0.05) is 42.5 Å². The quantitative estimate of drug-likeness (QED) is 0.826. The zero-order chi connectivity index (χ0) is 20.4. The highest BCUT2D eigenvalue weighted by molar-refractivity contribution is 5.69. The molecule has 2 bridgehead atoms. The first-order valence-corrected chi connectivity index (χ1v) is 9.90. The number of aliphatic hydroxyl groups excluding tert-OH is 2. The molecule has 2 fully saturated rings. The van der Waals surface area contributed by atoms with Gasteiger partial charge in [-0.05, 0) is 42.5 Å². The van der Waals surface area contributed by atoms with Gasteiger partial charge in [0.1, 0.15) is 24.9 Å². The molecule has 0 saturated carbocycles. The molecule has 4 atom stereocenters. The van der Waals surface area contributed by atoms with Gasteiger partial charge in [0.05, 0.1) is 12.1 Å². The van der Waals surface area contributed by atoms with Gasteiger partial charge in [-0.3, -0.25) is 4.90 Å². The van der Waals surface area contributed by atoms with E-state index in [4.69, 9.17) is 4.74 Å². The summed E-state index contributed by atoms with van der Waals surface area (Å²) >= 11 is 0. The average Bonchev–Trinajstić information content (AvgIpc) is 2.75. The van der Waals surface area contributed by atoms with Crippen LogP contribution in [0, 0.1) is 5.82 Å². The van der Waals surface area contributed by atoms with Crippen LogP contribution in [0.4, 0.5) is 9.18 Å². The molecule has 4 rings (SSSR count). The van der Waals surface area contributed by atoms with Gasteiger partial charge in [-0.15, -0.1) is 0 Å². The van der Waals surface area contributed by atoms with Crippen molar-refractivity contribution < 1.29 is 24.1 Å². The highest BCUT2D eigenvalue weighted by Gasteiger charge is 2.50. The summed E-state index contributed by atoms with van der Waals surface area (Å²) in [6.45, 7) is 0.406. The lowest BCUT2D eigenvalue weighted by molar-refractivity contribution is -0.216. The molecule has 0 aliphatic carbocycles. The highest BCUT2D eigenvalue weighted by atomic mass is 19.1. The maximum absolute atomic E-state index is 13.2. The number of carbonyl (C=O) groups is 1. The van der Waals surface area contributed by atoms with Crippen molar-refractivity contribution in [1.82, 2.24) is 9.80 Å². The Morgan fingerprint density at radius 3 is 2.21 bits per heavy atom. The van der Waals surface area contributed by atoms with E-state index in [1.54, 1.807) is 17.0 Å². The lowest BCUT2D eigenvalue weighted by Crippen LogP contribution is -2.70. The van der Waals surface area contributed by atoms with Crippen molar-refractivity contribution in [2.75, 3.05) is 0 Å². The van der Waals surface area contributed by atoms with E-state index in [-0.39, 0.29) is 19.0 Å². The monoisotopic (exact) mass is 400 g/mol. The Balaban J connectivity index is 1.48. The van der Waals surface area contributed by atoms with Crippen LogP contribution < -0.4 is 0 Å². The molecule has 1 amide bonds. The summed E-state index contributed by atoms with van der Waals surface area (Å²) in [6, 6.07) is 14.4. The Labute approximate surface area is 169 Å². The Bertz CT molecular complexity index is 814. The summed E-state index contributed by atoms with van der Waals surface area (Å²) in [4.78, 5) is 15.9. The van der Waals surface area contributed by atoms with E-state index in [2.05, 4.69) is 0 Å². The Hall–Kier alpha value is -2.48. The summed E-state index contributed by atoms with van der Waals surface area (Å²) in [5, 5.41) is 21.8. The summed E-state index contributed by atoms with van der Waals surface area (Å²) < 4.78 is 18.6. The summed E-state index contributed by atoms with van der Waals surface area (Å²) in [6.07, 6.45) is -0.513. The van der Waals surface area contributed by atoms with Crippen LogP contribution in [0.2, 0.25) is 0 Å². The minimum absolute atomic E-state index is 0.140. The normalized spacial score (nSPS) is 26.9. The van der Waals surface area contributed by atoms with Gasteiger partial charge in [0.15, 0.2) is 0 Å². The first-order valence-electron chi connectivity index (χ1n) is 9.90. The molecular weight excluding hydrogens is 375 g/mol. The summed E-state index contributed by atoms with van der Waals surface area (Å²) in [5.41, 5.74) is 1.66. The second kappa shape index (κ2) is 8.49.